The molecule has 0 atom stereocenters. The summed E-state index contributed by atoms with van der Waals surface area (Å²) in [6.07, 6.45) is 0. The van der Waals surface area contributed by atoms with Crippen LogP contribution in [0.3, 0.4) is 0 Å². The Labute approximate surface area is 305 Å². The second-order valence-electron chi connectivity index (χ2n) is 13.6. The highest BCUT2D eigenvalue weighted by molar-refractivity contribution is 6.20. The van der Waals surface area contributed by atoms with E-state index in [1.807, 2.05) is 24.3 Å². The molecule has 0 radical (unpaired) electrons. The minimum atomic E-state index is 0.864. The molecule has 0 bridgehead atoms. The van der Waals surface area contributed by atoms with E-state index in [2.05, 4.69) is 169 Å². The van der Waals surface area contributed by atoms with Crippen molar-refractivity contribution < 1.29 is 8.83 Å². The second kappa shape index (κ2) is 11.7. The molecule has 11 rings (SSSR count). The van der Waals surface area contributed by atoms with Crippen molar-refractivity contribution in [2.75, 3.05) is 4.90 Å². The summed E-state index contributed by atoms with van der Waals surface area (Å²) in [6.45, 7) is 0. The van der Waals surface area contributed by atoms with Crippen molar-refractivity contribution in [1.29, 1.82) is 0 Å². The molecular weight excluding hydrogens is 647 g/mol. The molecule has 248 valence electrons. The van der Waals surface area contributed by atoms with Gasteiger partial charge in [-0.1, -0.05) is 140 Å². The van der Waals surface area contributed by atoms with Gasteiger partial charge in [0.25, 0.3) is 0 Å². The van der Waals surface area contributed by atoms with E-state index in [0.717, 1.165) is 83.2 Å². The maximum absolute atomic E-state index is 6.83. The van der Waals surface area contributed by atoms with Crippen LogP contribution in [0.25, 0.3) is 87.7 Å². The topological polar surface area (TPSA) is 29.5 Å². The monoisotopic (exact) mass is 677 g/mol. The van der Waals surface area contributed by atoms with Gasteiger partial charge in [-0.3, -0.25) is 0 Å². The number of nitrogens with zero attached hydrogens (tertiary/aromatic N) is 1. The van der Waals surface area contributed by atoms with Crippen LogP contribution in [-0.4, -0.2) is 0 Å². The lowest BCUT2D eigenvalue weighted by molar-refractivity contribution is 0.669. The SMILES string of the molecule is c1ccc(N(c2cc3ccccc3c3ccccc23)c2ccc(-c3ccc(-c4cccc5oc6ccccc6c45)cc3)c3oc4ccccc4c23)cc1. The van der Waals surface area contributed by atoms with E-state index in [1.54, 1.807) is 0 Å². The third-order valence-corrected chi connectivity index (χ3v) is 10.7. The smallest absolute Gasteiger partial charge is 0.145 e. The molecule has 9 aromatic carbocycles. The van der Waals surface area contributed by atoms with E-state index in [0.29, 0.717) is 0 Å². The minimum Gasteiger partial charge on any atom is -0.456 e. The zero-order valence-electron chi connectivity index (χ0n) is 28.7. The maximum atomic E-state index is 6.83. The van der Waals surface area contributed by atoms with E-state index in [1.165, 1.54) is 21.5 Å². The Balaban J connectivity index is 1.13. The molecule has 0 saturated heterocycles. The predicted octanol–water partition coefficient (Wildman–Crippen LogP) is 14.6. The highest BCUT2D eigenvalue weighted by Gasteiger charge is 2.24. The average molecular weight is 678 g/mol. The molecular formula is C50H31NO2. The van der Waals surface area contributed by atoms with Crippen LogP contribution in [0.2, 0.25) is 0 Å². The molecule has 0 spiro atoms. The summed E-state index contributed by atoms with van der Waals surface area (Å²) in [5.74, 6) is 0. The molecule has 0 aliphatic rings. The molecule has 2 heterocycles. The number of hydrogen-bond acceptors (Lipinski definition) is 3. The Bertz CT molecular complexity index is 3170. The van der Waals surface area contributed by atoms with Gasteiger partial charge in [0.1, 0.15) is 22.3 Å². The van der Waals surface area contributed by atoms with Gasteiger partial charge >= 0.3 is 0 Å². The predicted molar refractivity (Wildman–Crippen MR) is 222 cm³/mol. The lowest BCUT2D eigenvalue weighted by Crippen LogP contribution is -2.11. The zero-order valence-corrected chi connectivity index (χ0v) is 28.7. The zero-order chi connectivity index (χ0) is 34.9. The standard InChI is InChI=1S/C50H31NO2/c1-2-14-35(15-3-1)51(44-31-34-13-4-5-16-36(34)39-17-6-7-18-40(39)44)43-30-29-38(50-49(43)42-20-9-11-23-46(42)53-50)33-27-25-32(26-28-33)37-21-12-24-47-48(37)41-19-8-10-22-45(41)52-47/h1-31H. The van der Waals surface area contributed by atoms with E-state index < -0.39 is 0 Å². The second-order valence-corrected chi connectivity index (χ2v) is 13.6. The first-order valence-corrected chi connectivity index (χ1v) is 18.0. The molecule has 0 saturated carbocycles. The van der Waals surface area contributed by atoms with Crippen molar-refractivity contribution in [1.82, 2.24) is 0 Å². The molecule has 2 aromatic heterocycles. The van der Waals surface area contributed by atoms with Crippen molar-refractivity contribution in [3.8, 4) is 22.3 Å². The molecule has 0 aliphatic heterocycles. The number of para-hydroxylation sites is 3. The minimum absolute atomic E-state index is 0.864. The first kappa shape index (κ1) is 29.6. The van der Waals surface area contributed by atoms with Gasteiger partial charge < -0.3 is 13.7 Å². The lowest BCUT2D eigenvalue weighted by atomic mass is 9.95. The summed E-state index contributed by atoms with van der Waals surface area (Å²) in [5, 5.41) is 9.30. The van der Waals surface area contributed by atoms with Crippen molar-refractivity contribution >= 4 is 82.5 Å². The molecule has 53 heavy (non-hydrogen) atoms. The maximum Gasteiger partial charge on any atom is 0.145 e. The Hall–Kier alpha value is -7.10. The molecule has 0 aliphatic carbocycles. The van der Waals surface area contributed by atoms with Gasteiger partial charge in [-0.05, 0) is 81.4 Å². The van der Waals surface area contributed by atoms with Crippen LogP contribution < -0.4 is 4.90 Å². The summed E-state index contributed by atoms with van der Waals surface area (Å²) in [4.78, 5) is 2.40. The fraction of sp³-hybridized carbons (Fsp3) is 0. The van der Waals surface area contributed by atoms with Crippen molar-refractivity contribution in [2.24, 2.45) is 0 Å². The van der Waals surface area contributed by atoms with Crippen molar-refractivity contribution in [3.05, 3.63) is 188 Å². The summed E-state index contributed by atoms with van der Waals surface area (Å²) < 4.78 is 13.0. The highest BCUT2D eigenvalue weighted by Crippen LogP contribution is 2.48. The number of rotatable bonds is 5. The average Bonchev–Trinajstić information content (AvgIpc) is 3.81. The fourth-order valence-corrected chi connectivity index (χ4v) is 8.27. The van der Waals surface area contributed by atoms with Gasteiger partial charge in [-0.15, -0.1) is 0 Å². The Morgan fingerprint density at radius 1 is 0.340 bits per heavy atom. The van der Waals surface area contributed by atoms with E-state index in [4.69, 9.17) is 8.83 Å². The summed E-state index contributed by atoms with van der Waals surface area (Å²) >= 11 is 0. The summed E-state index contributed by atoms with van der Waals surface area (Å²) in [5.41, 5.74) is 11.2. The molecule has 3 heteroatoms. The molecule has 0 N–H and O–H groups in total. The van der Waals surface area contributed by atoms with Crippen LogP contribution in [0.5, 0.6) is 0 Å². The van der Waals surface area contributed by atoms with Gasteiger partial charge in [0.05, 0.1) is 16.8 Å². The summed E-state index contributed by atoms with van der Waals surface area (Å²) in [7, 11) is 0. The molecule has 0 amide bonds. The third-order valence-electron chi connectivity index (χ3n) is 10.7. The van der Waals surface area contributed by atoms with Gasteiger partial charge in [-0.25, -0.2) is 0 Å². The number of benzene rings is 9. The Morgan fingerprint density at radius 3 is 1.70 bits per heavy atom. The van der Waals surface area contributed by atoms with E-state index >= 15 is 0 Å². The summed E-state index contributed by atoms with van der Waals surface area (Å²) in [6, 6.07) is 66.7. The van der Waals surface area contributed by atoms with Gasteiger partial charge in [0, 0.05) is 32.8 Å². The normalized spacial score (nSPS) is 11.8. The molecule has 3 nitrogen and oxygen atoms in total. The van der Waals surface area contributed by atoms with Crippen LogP contribution in [-0.2, 0) is 0 Å². The van der Waals surface area contributed by atoms with Crippen LogP contribution in [0.15, 0.2) is 197 Å². The lowest BCUT2D eigenvalue weighted by Gasteiger charge is -2.28. The van der Waals surface area contributed by atoms with Gasteiger partial charge in [0.2, 0.25) is 0 Å². The van der Waals surface area contributed by atoms with Crippen molar-refractivity contribution in [3.63, 3.8) is 0 Å². The quantitative estimate of drug-likeness (QED) is 0.170. The molecule has 0 fully saturated rings. The van der Waals surface area contributed by atoms with Crippen molar-refractivity contribution in [2.45, 2.75) is 0 Å². The Morgan fingerprint density at radius 2 is 0.925 bits per heavy atom. The number of fused-ring (bicyclic) bond motifs is 9. The first-order valence-electron chi connectivity index (χ1n) is 18.0. The highest BCUT2D eigenvalue weighted by atomic mass is 16.3. The van der Waals surface area contributed by atoms with Crippen LogP contribution >= 0.6 is 0 Å². The largest absolute Gasteiger partial charge is 0.456 e. The van der Waals surface area contributed by atoms with Crippen LogP contribution in [0.4, 0.5) is 17.1 Å². The van der Waals surface area contributed by atoms with Gasteiger partial charge in [0.15, 0.2) is 0 Å². The first-order chi connectivity index (χ1) is 26.3. The third kappa shape index (κ3) is 4.61. The molecule has 0 unspecified atom stereocenters. The van der Waals surface area contributed by atoms with E-state index in [9.17, 15) is 0 Å². The van der Waals surface area contributed by atoms with Crippen LogP contribution in [0.1, 0.15) is 0 Å². The van der Waals surface area contributed by atoms with Crippen LogP contribution in [0, 0.1) is 0 Å². The van der Waals surface area contributed by atoms with E-state index in [-0.39, 0.29) is 0 Å². The number of hydrogen-bond donors (Lipinski definition) is 0. The fourth-order valence-electron chi connectivity index (χ4n) is 8.27. The van der Waals surface area contributed by atoms with Gasteiger partial charge in [-0.2, -0.15) is 0 Å². The Kier molecular flexibility index (Phi) is 6.55. The number of furan rings is 2. The number of anilines is 3. The molecule has 11 aromatic rings.